The molecule has 3 nitrogen and oxygen atoms in total. The zero-order chi connectivity index (χ0) is 12.8. The molecule has 0 N–H and O–H groups in total. The topological polar surface area (TPSA) is 41.8 Å². The van der Waals surface area contributed by atoms with Crippen LogP contribution >= 0.6 is 11.8 Å². The van der Waals surface area contributed by atoms with E-state index in [1.807, 2.05) is 6.92 Å². The number of fused-ring (bicyclic) bond motifs is 1. The van der Waals surface area contributed by atoms with Crippen LogP contribution in [0.2, 0.25) is 0 Å². The first-order valence-corrected chi connectivity index (χ1v) is 5.82. The maximum atomic E-state index is 12.4. The van der Waals surface area contributed by atoms with Crippen LogP contribution < -0.4 is 0 Å². The first-order chi connectivity index (χ1) is 7.84. The van der Waals surface area contributed by atoms with Crippen LogP contribution in [0.1, 0.15) is 20.3 Å². The van der Waals surface area contributed by atoms with Crippen LogP contribution in [0.25, 0.3) is 0 Å². The van der Waals surface area contributed by atoms with Crippen LogP contribution in [0.15, 0.2) is 20.5 Å². The number of alkyl halides is 3. The number of rotatable bonds is 1. The van der Waals surface area contributed by atoms with Crippen molar-refractivity contribution in [3.63, 3.8) is 0 Å². The number of carbonyl (C=O) groups is 1. The molecule has 0 radical (unpaired) electrons. The Morgan fingerprint density at radius 2 is 2.00 bits per heavy atom. The first kappa shape index (κ1) is 12.3. The number of halogens is 3. The van der Waals surface area contributed by atoms with E-state index in [1.165, 1.54) is 0 Å². The van der Waals surface area contributed by atoms with Gasteiger partial charge < -0.3 is 0 Å². The first-order valence-electron chi connectivity index (χ1n) is 5.00. The fourth-order valence-electron chi connectivity index (χ4n) is 1.85. The number of allylic oxidation sites excluding steroid dienone is 1. The summed E-state index contributed by atoms with van der Waals surface area (Å²) < 4.78 is 37.3. The molecule has 2 aliphatic rings. The Hall–Kier alpha value is -1.11. The van der Waals surface area contributed by atoms with Crippen LogP contribution in [0, 0.1) is 5.92 Å². The molecule has 17 heavy (non-hydrogen) atoms. The number of nitrogens with zero attached hydrogens (tertiary/aromatic N) is 2. The van der Waals surface area contributed by atoms with E-state index in [-0.39, 0.29) is 5.04 Å². The average molecular weight is 262 g/mol. The Kier molecular flexibility index (Phi) is 2.89. The van der Waals surface area contributed by atoms with Gasteiger partial charge in [0.25, 0.3) is 5.91 Å². The molecule has 7 heteroatoms. The molecule has 92 valence electrons. The molecule has 0 aromatic heterocycles. The molecule has 0 aromatic carbocycles. The monoisotopic (exact) mass is 262 g/mol. The quantitative estimate of drug-likeness (QED) is 0.729. The predicted octanol–water partition coefficient (Wildman–Crippen LogP) is 2.93. The molecule has 0 bridgehead atoms. The van der Waals surface area contributed by atoms with Gasteiger partial charge in [-0.15, -0.1) is 0 Å². The highest BCUT2D eigenvalue weighted by Crippen LogP contribution is 2.42. The van der Waals surface area contributed by atoms with Crippen molar-refractivity contribution in [3.8, 4) is 0 Å². The number of amides is 1. The van der Waals surface area contributed by atoms with Gasteiger partial charge in [-0.1, -0.05) is 18.7 Å². The molecule has 1 atom stereocenters. The minimum absolute atomic E-state index is 0.201. The maximum absolute atomic E-state index is 12.4. The number of amidine groups is 1. The second-order valence-corrected chi connectivity index (χ2v) is 4.93. The predicted molar refractivity (Wildman–Crippen MR) is 60.0 cm³/mol. The third kappa shape index (κ3) is 2.03. The van der Waals surface area contributed by atoms with Crippen molar-refractivity contribution < 1.29 is 18.0 Å². The molecule has 2 aliphatic heterocycles. The molecular formula is C10H9F3N2OS. The van der Waals surface area contributed by atoms with E-state index >= 15 is 0 Å². The van der Waals surface area contributed by atoms with Gasteiger partial charge >= 0.3 is 6.18 Å². The van der Waals surface area contributed by atoms with Crippen LogP contribution in [0.3, 0.4) is 0 Å². The van der Waals surface area contributed by atoms with E-state index < -0.39 is 23.8 Å². The molecule has 0 aromatic rings. The van der Waals surface area contributed by atoms with E-state index in [0.717, 1.165) is 22.2 Å². The standard InChI is InChI=1S/C10H9F3N2OS/c1-3-5-4(2)17-8-6(5)7(16)14-9(15-8)10(11,12)13/h6H,3H2,1-2H3. The zero-order valence-corrected chi connectivity index (χ0v) is 9.95. The average Bonchev–Trinajstić information content (AvgIpc) is 2.52. The Bertz CT molecular complexity index is 476. The van der Waals surface area contributed by atoms with E-state index in [0.29, 0.717) is 6.42 Å². The van der Waals surface area contributed by atoms with Crippen LogP contribution in [-0.2, 0) is 4.79 Å². The summed E-state index contributed by atoms with van der Waals surface area (Å²) in [6.07, 6.45) is -4.05. The van der Waals surface area contributed by atoms with Gasteiger partial charge in [-0.25, -0.2) is 4.99 Å². The van der Waals surface area contributed by atoms with E-state index in [4.69, 9.17) is 0 Å². The zero-order valence-electron chi connectivity index (χ0n) is 9.13. The van der Waals surface area contributed by atoms with E-state index in [1.54, 1.807) is 6.92 Å². The minimum Gasteiger partial charge on any atom is -0.271 e. The van der Waals surface area contributed by atoms with Gasteiger partial charge in [-0.2, -0.15) is 18.2 Å². The molecule has 1 amide bonds. The Labute approximate surface area is 99.9 Å². The van der Waals surface area contributed by atoms with Gasteiger partial charge in [-0.3, -0.25) is 4.79 Å². The summed E-state index contributed by atoms with van der Waals surface area (Å²) >= 11 is 1.13. The minimum atomic E-state index is -4.67. The highest BCUT2D eigenvalue weighted by atomic mass is 32.2. The van der Waals surface area contributed by atoms with Gasteiger partial charge in [0.05, 0.1) is 5.04 Å². The molecule has 0 aliphatic carbocycles. The lowest BCUT2D eigenvalue weighted by Crippen LogP contribution is -2.32. The van der Waals surface area contributed by atoms with Crippen molar-refractivity contribution in [2.24, 2.45) is 15.9 Å². The number of aliphatic imine (C=N–C) groups is 2. The maximum Gasteiger partial charge on any atom is 0.451 e. The van der Waals surface area contributed by atoms with E-state index in [9.17, 15) is 18.0 Å². The van der Waals surface area contributed by atoms with Gasteiger partial charge in [0.1, 0.15) is 5.92 Å². The molecule has 0 spiro atoms. The number of thioether (sulfide) groups is 1. The molecule has 1 unspecified atom stereocenters. The Morgan fingerprint density at radius 3 is 2.53 bits per heavy atom. The number of hydrogen-bond donors (Lipinski definition) is 0. The molecule has 2 rings (SSSR count). The van der Waals surface area contributed by atoms with Gasteiger partial charge in [-0.05, 0) is 23.8 Å². The van der Waals surface area contributed by atoms with Crippen molar-refractivity contribution >= 4 is 28.5 Å². The summed E-state index contributed by atoms with van der Waals surface area (Å²) in [5.41, 5.74) is 0.823. The largest absolute Gasteiger partial charge is 0.451 e. The van der Waals surface area contributed by atoms with Crippen molar-refractivity contribution in [2.75, 3.05) is 0 Å². The second-order valence-electron chi connectivity index (χ2n) is 3.69. The lowest BCUT2D eigenvalue weighted by atomic mass is 9.96. The fourth-order valence-corrected chi connectivity index (χ4v) is 3.05. The summed E-state index contributed by atoms with van der Waals surface area (Å²) in [7, 11) is 0. The molecular weight excluding hydrogens is 253 g/mol. The summed E-state index contributed by atoms with van der Waals surface area (Å²) in [6.45, 7) is 3.64. The highest BCUT2D eigenvalue weighted by molar-refractivity contribution is 8.17. The summed E-state index contributed by atoms with van der Waals surface area (Å²) in [6, 6.07) is 0. The smallest absolute Gasteiger partial charge is 0.271 e. The molecule has 0 saturated carbocycles. The summed E-state index contributed by atoms with van der Waals surface area (Å²) in [5.74, 6) is -2.79. The third-order valence-electron chi connectivity index (χ3n) is 2.62. The van der Waals surface area contributed by atoms with E-state index in [2.05, 4.69) is 9.98 Å². The van der Waals surface area contributed by atoms with Gasteiger partial charge in [0.15, 0.2) is 0 Å². The van der Waals surface area contributed by atoms with Crippen molar-refractivity contribution in [3.05, 3.63) is 10.5 Å². The van der Waals surface area contributed by atoms with Crippen molar-refractivity contribution in [2.45, 2.75) is 26.4 Å². The van der Waals surface area contributed by atoms with Crippen LogP contribution in [0.5, 0.6) is 0 Å². The highest BCUT2D eigenvalue weighted by Gasteiger charge is 2.44. The lowest BCUT2D eigenvalue weighted by molar-refractivity contribution is -0.119. The van der Waals surface area contributed by atoms with Crippen molar-refractivity contribution in [1.29, 1.82) is 0 Å². The van der Waals surface area contributed by atoms with Crippen LogP contribution in [0.4, 0.5) is 13.2 Å². The Balaban J connectivity index is 2.40. The second kappa shape index (κ2) is 3.97. The van der Waals surface area contributed by atoms with Crippen molar-refractivity contribution in [1.82, 2.24) is 0 Å². The normalized spacial score (nSPS) is 24.8. The Morgan fingerprint density at radius 1 is 1.35 bits per heavy atom. The number of hydrogen-bond acceptors (Lipinski definition) is 3. The van der Waals surface area contributed by atoms with Gasteiger partial charge in [0, 0.05) is 0 Å². The summed E-state index contributed by atoms with van der Waals surface area (Å²) in [5, 5.41) is 0.201. The summed E-state index contributed by atoms with van der Waals surface area (Å²) in [4.78, 5) is 19.0. The molecule has 2 heterocycles. The molecule has 0 fully saturated rings. The fraction of sp³-hybridized carbons (Fsp3) is 0.500. The number of carbonyl (C=O) groups excluding carboxylic acids is 1. The molecule has 0 saturated heterocycles. The third-order valence-corrected chi connectivity index (χ3v) is 3.72. The lowest BCUT2D eigenvalue weighted by Gasteiger charge is -2.16. The SMILES string of the molecule is CCC1=C(C)SC2=NC(C(F)(F)F)=NC(=O)C21. The van der Waals surface area contributed by atoms with Crippen LogP contribution in [-0.4, -0.2) is 23.0 Å². The van der Waals surface area contributed by atoms with Gasteiger partial charge in [0.2, 0.25) is 5.84 Å².